The van der Waals surface area contributed by atoms with E-state index in [1.54, 1.807) is 19.5 Å². The van der Waals surface area contributed by atoms with Crippen LogP contribution >= 0.6 is 12.2 Å². The predicted octanol–water partition coefficient (Wildman–Crippen LogP) is 4.13. The molecule has 1 aliphatic carbocycles. The van der Waals surface area contributed by atoms with E-state index in [4.69, 9.17) is 22.1 Å². The third kappa shape index (κ3) is 4.00. The normalized spacial score (nSPS) is 13.8. The van der Waals surface area contributed by atoms with Crippen LogP contribution in [0.25, 0.3) is 11.4 Å². The quantitative estimate of drug-likeness (QED) is 0.537. The summed E-state index contributed by atoms with van der Waals surface area (Å²) in [5.74, 6) is 1.78. The number of pyridine rings is 1. The maximum atomic E-state index is 5.74. The Morgan fingerprint density at radius 3 is 2.46 bits per heavy atom. The number of methoxy groups -OCH3 is 1. The van der Waals surface area contributed by atoms with Crippen LogP contribution in [0.4, 0.5) is 0 Å². The van der Waals surface area contributed by atoms with Gasteiger partial charge in [-0.05, 0) is 61.8 Å². The minimum absolute atomic E-state index is 0.597. The number of benzene rings is 1. The lowest BCUT2D eigenvalue weighted by molar-refractivity contribution is 0.186. The second-order valence-electron chi connectivity index (χ2n) is 7.05. The van der Waals surface area contributed by atoms with Crippen molar-refractivity contribution in [2.45, 2.75) is 45.6 Å². The molecule has 0 unspecified atom stereocenters. The molecule has 6 nitrogen and oxygen atoms in total. The fourth-order valence-electron chi connectivity index (χ4n) is 3.40. The molecule has 1 aliphatic rings. The molecule has 0 radical (unpaired) electrons. The summed E-state index contributed by atoms with van der Waals surface area (Å²) < 4.78 is 10.1. The van der Waals surface area contributed by atoms with Crippen molar-refractivity contribution in [3.8, 4) is 17.1 Å². The first-order valence-corrected chi connectivity index (χ1v) is 10.1. The summed E-state index contributed by atoms with van der Waals surface area (Å²) in [5.41, 5.74) is 2.30. The first-order valence-electron chi connectivity index (χ1n) is 9.64. The van der Waals surface area contributed by atoms with Crippen LogP contribution in [0.15, 0.2) is 48.8 Å². The van der Waals surface area contributed by atoms with Gasteiger partial charge in [0.25, 0.3) is 0 Å². The van der Waals surface area contributed by atoms with Crippen LogP contribution in [0, 0.1) is 4.77 Å². The Bertz CT molecular complexity index is 976. The molecule has 0 N–H and O–H groups in total. The highest BCUT2D eigenvalue weighted by atomic mass is 32.1. The number of rotatable bonds is 8. The van der Waals surface area contributed by atoms with Crippen molar-refractivity contribution in [2.24, 2.45) is 0 Å². The van der Waals surface area contributed by atoms with Crippen LogP contribution in [0.2, 0.25) is 0 Å². The molecule has 0 saturated heterocycles. The van der Waals surface area contributed by atoms with Crippen molar-refractivity contribution in [2.75, 3.05) is 7.11 Å². The van der Waals surface area contributed by atoms with Crippen LogP contribution in [0.1, 0.15) is 25.3 Å². The molecule has 7 heteroatoms. The van der Waals surface area contributed by atoms with Crippen LogP contribution in [-0.2, 0) is 19.8 Å². The Balaban J connectivity index is 1.59. The van der Waals surface area contributed by atoms with Gasteiger partial charge >= 0.3 is 0 Å². The lowest BCUT2D eigenvalue weighted by Gasteiger charge is -2.22. The van der Waals surface area contributed by atoms with Gasteiger partial charge in [0.15, 0.2) is 10.6 Å². The molecule has 0 amide bonds. The van der Waals surface area contributed by atoms with E-state index in [1.807, 2.05) is 28.9 Å². The van der Waals surface area contributed by atoms with E-state index in [-0.39, 0.29) is 0 Å². The smallest absolute Gasteiger partial charge is 0.199 e. The zero-order chi connectivity index (χ0) is 19.5. The van der Waals surface area contributed by atoms with Crippen LogP contribution < -0.4 is 4.74 Å². The Morgan fingerprint density at radius 2 is 1.86 bits per heavy atom. The highest BCUT2D eigenvalue weighted by Gasteiger charge is 2.30. The van der Waals surface area contributed by atoms with Gasteiger partial charge in [-0.1, -0.05) is 12.1 Å². The van der Waals surface area contributed by atoms with E-state index in [1.165, 1.54) is 18.4 Å². The van der Waals surface area contributed by atoms with Gasteiger partial charge in [-0.2, -0.15) is 5.10 Å². The van der Waals surface area contributed by atoms with Gasteiger partial charge < -0.3 is 9.30 Å². The van der Waals surface area contributed by atoms with Crippen molar-refractivity contribution in [1.82, 2.24) is 24.2 Å². The van der Waals surface area contributed by atoms with Crippen molar-refractivity contribution in [3.05, 3.63) is 59.1 Å². The van der Waals surface area contributed by atoms with Crippen LogP contribution in [0.3, 0.4) is 0 Å². The minimum Gasteiger partial charge on any atom is -0.497 e. The second-order valence-corrected chi connectivity index (χ2v) is 7.42. The Hall–Kier alpha value is -2.51. The lowest BCUT2D eigenvalue weighted by Crippen LogP contribution is -2.29. The van der Waals surface area contributed by atoms with Gasteiger partial charge in [-0.25, -0.2) is 4.68 Å². The summed E-state index contributed by atoms with van der Waals surface area (Å²) in [6.07, 6.45) is 6.04. The standard InChI is InChI=1S/C21H25N5OS/c1-3-25-20(17-10-12-22-13-11-17)23-26(21(25)28)15-24(18-6-7-18)14-16-4-8-19(27-2)9-5-16/h4-5,8-13,18H,3,6-7,14-15H2,1-2H3. The maximum absolute atomic E-state index is 5.74. The lowest BCUT2D eigenvalue weighted by atomic mass is 10.2. The molecule has 1 aromatic carbocycles. The fourth-order valence-corrected chi connectivity index (χ4v) is 3.72. The fraction of sp³-hybridized carbons (Fsp3) is 0.381. The van der Waals surface area contributed by atoms with E-state index in [0.717, 1.165) is 35.0 Å². The van der Waals surface area contributed by atoms with Gasteiger partial charge in [0.05, 0.1) is 13.8 Å². The molecule has 0 atom stereocenters. The molecule has 0 bridgehead atoms. The number of nitrogens with zero attached hydrogens (tertiary/aromatic N) is 5. The van der Waals surface area contributed by atoms with Crippen molar-refractivity contribution < 1.29 is 4.74 Å². The zero-order valence-electron chi connectivity index (χ0n) is 16.3. The van der Waals surface area contributed by atoms with Crippen molar-refractivity contribution in [1.29, 1.82) is 0 Å². The summed E-state index contributed by atoms with van der Waals surface area (Å²) in [6.45, 7) is 4.46. The molecule has 2 aromatic heterocycles. The SMILES string of the molecule is CCn1c(-c2ccncc2)nn(CN(Cc2ccc(OC)cc2)C2CC2)c1=S. The Kier molecular flexibility index (Phi) is 5.54. The average Bonchev–Trinajstić information content (AvgIpc) is 3.54. The van der Waals surface area contributed by atoms with Gasteiger partial charge in [0.1, 0.15) is 5.75 Å². The third-order valence-electron chi connectivity index (χ3n) is 5.10. The highest BCUT2D eigenvalue weighted by molar-refractivity contribution is 7.71. The summed E-state index contributed by atoms with van der Waals surface area (Å²) in [5, 5.41) is 4.86. The zero-order valence-corrected chi connectivity index (χ0v) is 17.1. The van der Waals surface area contributed by atoms with E-state index in [9.17, 15) is 0 Å². The van der Waals surface area contributed by atoms with Crippen LogP contribution in [-0.4, -0.2) is 37.4 Å². The molecule has 2 heterocycles. The minimum atomic E-state index is 0.597. The average molecular weight is 396 g/mol. The second kappa shape index (κ2) is 8.24. The number of hydrogen-bond acceptors (Lipinski definition) is 5. The number of hydrogen-bond donors (Lipinski definition) is 0. The monoisotopic (exact) mass is 395 g/mol. The summed E-state index contributed by atoms with van der Waals surface area (Å²) in [7, 11) is 1.69. The summed E-state index contributed by atoms with van der Waals surface area (Å²) in [4.78, 5) is 6.57. The largest absolute Gasteiger partial charge is 0.497 e. The number of aromatic nitrogens is 4. The first-order chi connectivity index (χ1) is 13.7. The highest BCUT2D eigenvalue weighted by Crippen LogP contribution is 2.29. The predicted molar refractivity (Wildman–Crippen MR) is 112 cm³/mol. The molecule has 28 heavy (non-hydrogen) atoms. The molecule has 0 spiro atoms. The van der Waals surface area contributed by atoms with Crippen LogP contribution in [0.5, 0.6) is 5.75 Å². The molecule has 1 saturated carbocycles. The van der Waals surface area contributed by atoms with E-state index in [0.29, 0.717) is 12.7 Å². The first kappa shape index (κ1) is 18.8. The molecule has 1 fully saturated rings. The van der Waals surface area contributed by atoms with E-state index in [2.05, 4.69) is 33.5 Å². The third-order valence-corrected chi connectivity index (χ3v) is 5.53. The van der Waals surface area contributed by atoms with E-state index >= 15 is 0 Å². The van der Waals surface area contributed by atoms with E-state index < -0.39 is 0 Å². The Morgan fingerprint density at radius 1 is 1.14 bits per heavy atom. The molecule has 3 aromatic rings. The van der Waals surface area contributed by atoms with Gasteiger partial charge in [-0.15, -0.1) is 0 Å². The van der Waals surface area contributed by atoms with Crippen molar-refractivity contribution >= 4 is 12.2 Å². The summed E-state index contributed by atoms with van der Waals surface area (Å²) in [6, 6.07) is 12.8. The molecule has 0 aliphatic heterocycles. The molecular weight excluding hydrogens is 370 g/mol. The molecular formula is C21H25N5OS. The van der Waals surface area contributed by atoms with Gasteiger partial charge in [0.2, 0.25) is 0 Å². The molecule has 4 rings (SSSR count). The maximum Gasteiger partial charge on any atom is 0.199 e. The van der Waals surface area contributed by atoms with Gasteiger partial charge in [-0.3, -0.25) is 9.88 Å². The summed E-state index contributed by atoms with van der Waals surface area (Å²) >= 11 is 5.74. The topological polar surface area (TPSA) is 48.1 Å². The van der Waals surface area contributed by atoms with Gasteiger partial charge in [0, 0.05) is 37.1 Å². The molecule has 146 valence electrons. The van der Waals surface area contributed by atoms with Crippen molar-refractivity contribution in [3.63, 3.8) is 0 Å². The Labute approximate surface area is 170 Å². The number of ether oxygens (including phenoxy) is 1.